The molecule has 0 amide bonds. The molecular weight excluding hydrogens is 252 g/mol. The van der Waals surface area contributed by atoms with Crippen LogP contribution in [0.5, 0.6) is 0 Å². The van der Waals surface area contributed by atoms with Crippen LogP contribution in [0.15, 0.2) is 0 Å². The first-order chi connectivity index (χ1) is 2.00. The molecule has 7 heteroatoms. The first-order valence-corrected chi connectivity index (χ1v) is 2.45. The molecule has 0 aromatic carbocycles. The van der Waals surface area contributed by atoms with Crippen molar-refractivity contribution in [3.8, 4) is 0 Å². The molecule has 4 nitrogen and oxygen atoms in total. The van der Waals surface area contributed by atoms with Crippen molar-refractivity contribution >= 4 is 26.4 Å². The van der Waals surface area contributed by atoms with Gasteiger partial charge in [0.25, 0.3) is 0 Å². The monoisotopic (exact) mass is 252 g/mol. The zero-order valence-corrected chi connectivity index (χ0v) is 12.1. The second-order valence-corrected chi connectivity index (χ2v) is 1.50. The predicted octanol–water partition coefficient (Wildman–Crippen LogP) is -8.51. The maximum Gasteiger partial charge on any atom is 3.00 e. The molecule has 7 heavy (non-hydrogen) atoms. The van der Waals surface area contributed by atoms with E-state index in [0.29, 0.717) is 0 Å². The standard InChI is InChI=1S/Al.Cs.O4Si/c;;1-5(2,3)4/q+3;+1;-4. The summed E-state index contributed by atoms with van der Waals surface area (Å²) in [4.78, 5) is 34.3. The molecule has 0 atom stereocenters. The van der Waals surface area contributed by atoms with Crippen LogP contribution in [0, 0.1) is 0 Å². The largest absolute Gasteiger partial charge is 3.00 e. The summed E-state index contributed by atoms with van der Waals surface area (Å²) >= 11 is 0. The Morgan fingerprint density at radius 2 is 0.857 bits per heavy atom. The van der Waals surface area contributed by atoms with Crippen LogP contribution in [0.25, 0.3) is 0 Å². The van der Waals surface area contributed by atoms with E-state index in [1.54, 1.807) is 0 Å². The third kappa shape index (κ3) is 54.6. The quantitative estimate of drug-likeness (QED) is 0.400. The van der Waals surface area contributed by atoms with E-state index in [1.807, 2.05) is 0 Å². The molecule has 0 aromatic rings. The molecule has 0 heterocycles. The van der Waals surface area contributed by atoms with Crippen molar-refractivity contribution in [2.75, 3.05) is 0 Å². The zero-order valence-electron chi connectivity index (χ0n) is 3.71. The topological polar surface area (TPSA) is 92.2 Å². The van der Waals surface area contributed by atoms with Gasteiger partial charge >= 0.3 is 86.3 Å². The molecular formula is AlCsO4Si. The van der Waals surface area contributed by atoms with Crippen LogP contribution in [0.2, 0.25) is 0 Å². The van der Waals surface area contributed by atoms with Crippen molar-refractivity contribution in [2.24, 2.45) is 0 Å². The smallest absolute Gasteiger partial charge is 0.894 e. The summed E-state index contributed by atoms with van der Waals surface area (Å²) in [5, 5.41) is 0. The van der Waals surface area contributed by atoms with Crippen molar-refractivity contribution in [2.45, 2.75) is 0 Å². The van der Waals surface area contributed by atoms with E-state index in [-0.39, 0.29) is 86.3 Å². The third-order valence-electron chi connectivity index (χ3n) is 0. The van der Waals surface area contributed by atoms with Gasteiger partial charge in [0.2, 0.25) is 0 Å². The van der Waals surface area contributed by atoms with Gasteiger partial charge in [-0.3, -0.25) is 0 Å². The van der Waals surface area contributed by atoms with Gasteiger partial charge in [0.05, 0.1) is 0 Å². The van der Waals surface area contributed by atoms with Crippen molar-refractivity contribution in [1.29, 1.82) is 0 Å². The predicted molar refractivity (Wildman–Crippen MR) is 11.5 cm³/mol. The van der Waals surface area contributed by atoms with Crippen LogP contribution >= 0.6 is 0 Å². The molecule has 0 N–H and O–H groups in total. The van der Waals surface area contributed by atoms with Crippen molar-refractivity contribution in [3.63, 3.8) is 0 Å². The Bertz CT molecular complexity index is 27.2. The van der Waals surface area contributed by atoms with Crippen LogP contribution < -0.4 is 88.1 Å². The van der Waals surface area contributed by atoms with E-state index in [0.717, 1.165) is 0 Å². The van der Waals surface area contributed by atoms with Crippen LogP contribution in [0.4, 0.5) is 0 Å². The molecule has 0 saturated heterocycles. The molecule has 0 aliphatic carbocycles. The van der Waals surface area contributed by atoms with Crippen molar-refractivity contribution in [1.82, 2.24) is 0 Å². The van der Waals surface area contributed by atoms with E-state index in [1.165, 1.54) is 0 Å². The molecule has 0 saturated carbocycles. The Kier molecular flexibility index (Phi) is 15.8. The normalized spacial score (nSPS) is 8.57. The minimum atomic E-state index is -5.61. The van der Waals surface area contributed by atoms with Crippen LogP contribution in [0.1, 0.15) is 0 Å². The minimum Gasteiger partial charge on any atom is -0.894 e. The second-order valence-electron chi connectivity index (χ2n) is 0.500. The van der Waals surface area contributed by atoms with E-state index >= 15 is 0 Å². The molecule has 0 fully saturated rings. The molecule has 0 radical (unpaired) electrons. The van der Waals surface area contributed by atoms with Gasteiger partial charge in [-0.2, -0.15) is 0 Å². The fourth-order valence-electron chi connectivity index (χ4n) is 0. The van der Waals surface area contributed by atoms with Gasteiger partial charge in [0, 0.05) is 0 Å². The van der Waals surface area contributed by atoms with Crippen LogP contribution in [-0.2, 0) is 0 Å². The van der Waals surface area contributed by atoms with Gasteiger partial charge in [-0.1, -0.05) is 0 Å². The molecule has 32 valence electrons. The van der Waals surface area contributed by atoms with Gasteiger partial charge < -0.3 is 28.2 Å². The summed E-state index contributed by atoms with van der Waals surface area (Å²) < 4.78 is 0. The maximum absolute atomic E-state index is 8.58. The van der Waals surface area contributed by atoms with E-state index < -0.39 is 9.05 Å². The molecule has 0 aromatic heterocycles. The Morgan fingerprint density at radius 3 is 0.857 bits per heavy atom. The summed E-state index contributed by atoms with van der Waals surface area (Å²) in [6.45, 7) is 0. The molecule has 0 spiro atoms. The van der Waals surface area contributed by atoms with Crippen LogP contribution in [0.3, 0.4) is 0 Å². The van der Waals surface area contributed by atoms with E-state index in [9.17, 15) is 0 Å². The molecule has 0 aliphatic heterocycles. The first kappa shape index (κ1) is 16.3. The average Bonchev–Trinajstić information content (AvgIpc) is 0.722. The number of rotatable bonds is 0. The molecule has 0 rings (SSSR count). The Labute approximate surface area is 112 Å². The fraction of sp³-hybridized carbons (Fsp3) is 0. The molecule has 0 bridgehead atoms. The van der Waals surface area contributed by atoms with Gasteiger partial charge in [0.1, 0.15) is 0 Å². The minimum absolute atomic E-state index is 0. The van der Waals surface area contributed by atoms with Crippen molar-refractivity contribution < 1.29 is 88.1 Å². The summed E-state index contributed by atoms with van der Waals surface area (Å²) in [5.74, 6) is 0. The number of hydrogen-bond donors (Lipinski definition) is 0. The van der Waals surface area contributed by atoms with E-state index in [4.69, 9.17) is 19.2 Å². The SMILES string of the molecule is [Al+3].[Cs+].[O-][Si]([O-])([O-])[O-]. The summed E-state index contributed by atoms with van der Waals surface area (Å²) in [5.41, 5.74) is 0. The Hall–Kier alpha value is 2.64. The Balaban J connectivity index is -0.0000000800. The Morgan fingerprint density at radius 1 is 0.857 bits per heavy atom. The second kappa shape index (κ2) is 6.76. The molecule has 0 aliphatic rings. The third-order valence-corrected chi connectivity index (χ3v) is 0. The van der Waals surface area contributed by atoms with Crippen LogP contribution in [-0.4, -0.2) is 26.4 Å². The van der Waals surface area contributed by atoms with Crippen molar-refractivity contribution in [3.05, 3.63) is 0 Å². The van der Waals surface area contributed by atoms with Gasteiger partial charge in [-0.15, -0.1) is 0 Å². The zero-order chi connectivity index (χ0) is 4.50. The van der Waals surface area contributed by atoms with Gasteiger partial charge in [0.15, 0.2) is 0 Å². The van der Waals surface area contributed by atoms with E-state index in [2.05, 4.69) is 0 Å². The number of hydrogen-bond acceptors (Lipinski definition) is 4. The summed E-state index contributed by atoms with van der Waals surface area (Å²) in [6, 6.07) is 0. The van der Waals surface area contributed by atoms with Gasteiger partial charge in [-0.25, -0.2) is 0 Å². The fourth-order valence-corrected chi connectivity index (χ4v) is 0. The summed E-state index contributed by atoms with van der Waals surface area (Å²) in [7, 11) is -5.61. The molecule has 0 unspecified atom stereocenters. The first-order valence-electron chi connectivity index (χ1n) is 0.816. The average molecular weight is 252 g/mol. The summed E-state index contributed by atoms with van der Waals surface area (Å²) in [6.07, 6.45) is 0. The maximum atomic E-state index is 8.58. The van der Waals surface area contributed by atoms with Gasteiger partial charge in [-0.05, 0) is 0 Å².